The van der Waals surface area contributed by atoms with Gasteiger partial charge >= 0.3 is 0 Å². The fourth-order valence-electron chi connectivity index (χ4n) is 4.91. The number of fused-ring (bicyclic) bond motifs is 2. The van der Waals surface area contributed by atoms with Crippen molar-refractivity contribution in [1.82, 2.24) is 25.1 Å². The molecule has 1 aliphatic rings. The number of benzene rings is 2. The van der Waals surface area contributed by atoms with E-state index >= 15 is 0 Å². The Morgan fingerprint density at radius 3 is 2.74 bits per heavy atom. The molecule has 4 heterocycles. The molecule has 0 atom stereocenters. The van der Waals surface area contributed by atoms with E-state index in [4.69, 9.17) is 4.98 Å². The van der Waals surface area contributed by atoms with Gasteiger partial charge in [-0.25, -0.2) is 9.37 Å². The highest BCUT2D eigenvalue weighted by molar-refractivity contribution is 6.00. The summed E-state index contributed by atoms with van der Waals surface area (Å²) in [4.78, 5) is 24.9. The minimum Gasteiger partial charge on any atom is -0.353 e. The van der Waals surface area contributed by atoms with Gasteiger partial charge in [0.05, 0.1) is 28.8 Å². The molecule has 0 unspecified atom stereocenters. The zero-order valence-corrected chi connectivity index (χ0v) is 20.5. The minimum absolute atomic E-state index is 0.0380. The second-order valence-corrected chi connectivity index (χ2v) is 9.86. The van der Waals surface area contributed by atoms with Crippen molar-refractivity contribution in [3.8, 4) is 33.8 Å². The number of carbonyl (C=O) groups excluding carboxylic acids is 1. The second-order valence-electron chi connectivity index (χ2n) is 9.86. The van der Waals surface area contributed by atoms with Crippen LogP contribution in [-0.2, 0) is 4.79 Å². The molecule has 0 aliphatic heterocycles. The van der Waals surface area contributed by atoms with Gasteiger partial charge in [-0.2, -0.15) is 5.10 Å². The molecule has 8 heteroatoms. The van der Waals surface area contributed by atoms with Crippen molar-refractivity contribution < 1.29 is 9.18 Å². The van der Waals surface area contributed by atoms with Crippen molar-refractivity contribution in [3.63, 3.8) is 0 Å². The number of aromatic nitrogens is 5. The predicted octanol–water partition coefficient (Wildman–Crippen LogP) is 6.63. The van der Waals surface area contributed by atoms with Gasteiger partial charge in [-0.15, -0.1) is 0 Å². The van der Waals surface area contributed by atoms with Gasteiger partial charge < -0.3 is 10.3 Å². The van der Waals surface area contributed by atoms with E-state index in [0.29, 0.717) is 16.9 Å². The molecule has 38 heavy (non-hydrogen) atoms. The zero-order valence-electron chi connectivity index (χ0n) is 20.5. The maximum atomic E-state index is 14.2. The van der Waals surface area contributed by atoms with E-state index in [0.717, 1.165) is 62.9 Å². The molecule has 1 amide bonds. The minimum atomic E-state index is -0.256. The molecule has 2 aromatic carbocycles. The smallest absolute Gasteiger partial charge is 0.227 e. The second kappa shape index (κ2) is 8.62. The van der Waals surface area contributed by atoms with Crippen molar-refractivity contribution in [3.05, 3.63) is 84.4 Å². The summed E-state index contributed by atoms with van der Waals surface area (Å²) in [5.41, 5.74) is 8.75. The number of rotatable bonds is 5. The van der Waals surface area contributed by atoms with Gasteiger partial charge in [-0.3, -0.25) is 14.9 Å². The molecule has 1 aliphatic carbocycles. The Bertz CT molecular complexity index is 1850. The number of aromatic amines is 2. The van der Waals surface area contributed by atoms with Crippen LogP contribution in [0.2, 0.25) is 0 Å². The van der Waals surface area contributed by atoms with Crippen molar-refractivity contribution in [2.24, 2.45) is 5.92 Å². The number of nitrogens with zero attached hydrogens (tertiary/aromatic N) is 3. The monoisotopic (exact) mass is 502 g/mol. The largest absolute Gasteiger partial charge is 0.353 e. The Hall–Kier alpha value is -4.85. The van der Waals surface area contributed by atoms with Gasteiger partial charge in [0.2, 0.25) is 5.91 Å². The number of hydrogen-bond donors (Lipinski definition) is 3. The Balaban J connectivity index is 1.29. The van der Waals surface area contributed by atoms with E-state index in [2.05, 4.69) is 25.5 Å². The fraction of sp³-hybridized carbons (Fsp3) is 0.133. The number of aryl methyl sites for hydroxylation is 1. The summed E-state index contributed by atoms with van der Waals surface area (Å²) < 4.78 is 14.2. The van der Waals surface area contributed by atoms with Crippen LogP contribution in [0.15, 0.2) is 73.1 Å². The number of H-pyrrole nitrogens is 2. The predicted molar refractivity (Wildman–Crippen MR) is 146 cm³/mol. The number of pyridine rings is 2. The van der Waals surface area contributed by atoms with E-state index in [1.54, 1.807) is 18.5 Å². The number of halogens is 1. The average Bonchev–Trinajstić information content (AvgIpc) is 3.54. The Morgan fingerprint density at radius 2 is 1.89 bits per heavy atom. The lowest BCUT2D eigenvalue weighted by Gasteiger charge is -2.06. The normalized spacial score (nSPS) is 13.3. The van der Waals surface area contributed by atoms with Gasteiger partial charge in [-0.05, 0) is 78.9 Å². The van der Waals surface area contributed by atoms with Crippen LogP contribution in [0.25, 0.3) is 55.7 Å². The maximum absolute atomic E-state index is 14.2. The van der Waals surface area contributed by atoms with Crippen LogP contribution < -0.4 is 5.32 Å². The van der Waals surface area contributed by atoms with Gasteiger partial charge in [0.25, 0.3) is 0 Å². The summed E-state index contributed by atoms with van der Waals surface area (Å²) in [5.74, 6) is -0.104. The molecule has 4 aromatic heterocycles. The summed E-state index contributed by atoms with van der Waals surface area (Å²) in [6, 6.07) is 18.8. The molecule has 1 saturated carbocycles. The highest BCUT2D eigenvalue weighted by Crippen LogP contribution is 2.35. The average molecular weight is 503 g/mol. The topological polar surface area (TPSA) is 99.4 Å². The first-order valence-electron chi connectivity index (χ1n) is 12.5. The number of anilines is 1. The van der Waals surface area contributed by atoms with Crippen LogP contribution in [0.3, 0.4) is 0 Å². The van der Waals surface area contributed by atoms with Crippen molar-refractivity contribution >= 4 is 33.5 Å². The summed E-state index contributed by atoms with van der Waals surface area (Å²) in [5, 5.41) is 11.6. The fourth-order valence-corrected chi connectivity index (χ4v) is 4.91. The van der Waals surface area contributed by atoms with Gasteiger partial charge in [-0.1, -0.05) is 18.2 Å². The zero-order chi connectivity index (χ0) is 25.8. The molecular weight excluding hydrogens is 479 g/mol. The first-order valence-corrected chi connectivity index (χ1v) is 12.5. The lowest BCUT2D eigenvalue weighted by molar-refractivity contribution is -0.117. The SMILES string of the molecule is Cc1cc(F)cc(-c2cccc3[nH]c(-c4n[nH]c5ccc(-c6cncc(NC(=O)C7CC7)c6)nc45)cc23)c1. The number of nitrogens with one attached hydrogen (secondary N) is 3. The molecule has 0 spiro atoms. The molecule has 0 radical (unpaired) electrons. The Morgan fingerprint density at radius 1 is 1.00 bits per heavy atom. The molecule has 6 aromatic rings. The molecule has 3 N–H and O–H groups in total. The number of carbonyl (C=O) groups is 1. The van der Waals surface area contributed by atoms with Crippen molar-refractivity contribution in [2.45, 2.75) is 19.8 Å². The lowest BCUT2D eigenvalue weighted by Crippen LogP contribution is -2.13. The quantitative estimate of drug-likeness (QED) is 0.246. The number of amides is 1. The van der Waals surface area contributed by atoms with E-state index in [1.807, 2.05) is 55.5 Å². The Labute approximate surface area is 217 Å². The van der Waals surface area contributed by atoms with Crippen molar-refractivity contribution in [1.29, 1.82) is 0 Å². The summed E-state index contributed by atoms with van der Waals surface area (Å²) in [6.07, 6.45) is 5.26. The van der Waals surface area contributed by atoms with Crippen LogP contribution in [-0.4, -0.2) is 31.1 Å². The van der Waals surface area contributed by atoms with Crippen LogP contribution in [0.4, 0.5) is 10.1 Å². The van der Waals surface area contributed by atoms with Crippen molar-refractivity contribution in [2.75, 3.05) is 5.32 Å². The van der Waals surface area contributed by atoms with Gasteiger partial charge in [0, 0.05) is 28.6 Å². The summed E-state index contributed by atoms with van der Waals surface area (Å²) in [7, 11) is 0. The first kappa shape index (κ1) is 22.4. The van der Waals surface area contributed by atoms with Crippen LogP contribution in [0.5, 0.6) is 0 Å². The molecular formula is C30H23FN6O. The highest BCUT2D eigenvalue weighted by atomic mass is 19.1. The highest BCUT2D eigenvalue weighted by Gasteiger charge is 2.29. The number of hydrogen-bond acceptors (Lipinski definition) is 4. The third-order valence-corrected chi connectivity index (χ3v) is 6.93. The molecule has 0 saturated heterocycles. The molecule has 186 valence electrons. The van der Waals surface area contributed by atoms with Crippen LogP contribution in [0.1, 0.15) is 18.4 Å². The molecule has 0 bridgehead atoms. The van der Waals surface area contributed by atoms with Gasteiger partial charge in [0.15, 0.2) is 0 Å². The summed E-state index contributed by atoms with van der Waals surface area (Å²) in [6.45, 7) is 1.89. The first-order chi connectivity index (χ1) is 18.5. The molecule has 1 fully saturated rings. The van der Waals surface area contributed by atoms with E-state index in [1.165, 1.54) is 6.07 Å². The third-order valence-electron chi connectivity index (χ3n) is 6.93. The van der Waals surface area contributed by atoms with Crippen LogP contribution in [0, 0.1) is 18.7 Å². The molecule has 7 rings (SSSR count). The molecule has 7 nitrogen and oxygen atoms in total. The van der Waals surface area contributed by atoms with Crippen LogP contribution >= 0.6 is 0 Å². The third kappa shape index (κ3) is 4.00. The lowest BCUT2D eigenvalue weighted by atomic mass is 10.00. The summed E-state index contributed by atoms with van der Waals surface area (Å²) >= 11 is 0. The maximum Gasteiger partial charge on any atom is 0.227 e. The Kier molecular flexibility index (Phi) is 5.07. The van der Waals surface area contributed by atoms with E-state index < -0.39 is 0 Å². The van der Waals surface area contributed by atoms with Gasteiger partial charge in [0.1, 0.15) is 17.0 Å². The van der Waals surface area contributed by atoms with E-state index in [9.17, 15) is 9.18 Å². The standard InChI is InChI=1S/C30H23FN6O/c1-16-9-18(11-20(31)10-16)22-3-2-4-25-23(22)13-27(34-25)29-28-26(36-37-29)8-7-24(35-28)19-12-21(15-32-14-19)33-30(38)17-5-6-17/h2-4,7-15,17,34H,5-6H2,1H3,(H,33,38)(H,36,37). The van der Waals surface area contributed by atoms with E-state index in [-0.39, 0.29) is 17.6 Å².